The molecule has 0 aliphatic carbocycles. The largest absolute Gasteiger partial charge is 0.399 e. The highest BCUT2D eigenvalue weighted by Crippen LogP contribution is 2.24. The number of benzene rings is 2. The highest BCUT2D eigenvalue weighted by atomic mass is 127. The molecule has 0 fully saturated rings. The molecule has 0 spiro atoms. The molecule has 0 radical (unpaired) electrons. The summed E-state index contributed by atoms with van der Waals surface area (Å²) in [4.78, 5) is 13.1. The second kappa shape index (κ2) is 7.17. The van der Waals surface area contributed by atoms with Gasteiger partial charge in [-0.2, -0.15) is 0 Å². The first kappa shape index (κ1) is 16.2. The molecule has 0 unspecified atom stereocenters. The van der Waals surface area contributed by atoms with Crippen LogP contribution in [-0.4, -0.2) is 11.7 Å². The third-order valence-electron chi connectivity index (χ3n) is 3.02. The van der Waals surface area contributed by atoms with Gasteiger partial charge in [-0.1, -0.05) is 0 Å². The van der Waals surface area contributed by atoms with E-state index >= 15 is 0 Å². The predicted octanol–water partition coefficient (Wildman–Crippen LogP) is 4.22. The number of carbonyl (C=O) groups is 1. The molecule has 0 aliphatic heterocycles. The van der Waals surface area contributed by atoms with Gasteiger partial charge in [-0.25, -0.2) is 0 Å². The van der Waals surface area contributed by atoms with Crippen molar-refractivity contribution in [3.05, 3.63) is 51.1 Å². The minimum absolute atomic E-state index is 0.000494. The topological polar surface area (TPSA) is 55.1 Å². The lowest BCUT2D eigenvalue weighted by Gasteiger charge is -2.10. The highest BCUT2D eigenvalue weighted by Gasteiger charge is 2.07. The van der Waals surface area contributed by atoms with E-state index in [1.165, 1.54) is 11.8 Å². The Balaban J connectivity index is 1.96. The number of nitrogens with two attached hydrogens (primary N) is 1. The molecule has 2 rings (SSSR count). The van der Waals surface area contributed by atoms with Crippen LogP contribution in [0.3, 0.4) is 0 Å². The number of hydrogen-bond donors (Lipinski definition) is 2. The van der Waals surface area contributed by atoms with Crippen LogP contribution in [0.4, 0.5) is 11.4 Å². The monoisotopic (exact) mass is 412 g/mol. The lowest BCUT2D eigenvalue weighted by Crippen LogP contribution is -2.14. The molecule has 0 aromatic heterocycles. The van der Waals surface area contributed by atoms with Crippen molar-refractivity contribution in [2.45, 2.75) is 18.7 Å². The number of rotatable bonds is 4. The lowest BCUT2D eigenvalue weighted by atomic mass is 10.2. The normalized spacial score (nSPS) is 10.4. The van der Waals surface area contributed by atoms with Crippen molar-refractivity contribution in [2.75, 3.05) is 16.8 Å². The number of carbonyl (C=O) groups excluding carboxylic acids is 1. The maximum Gasteiger partial charge on any atom is 0.234 e. The van der Waals surface area contributed by atoms with Crippen molar-refractivity contribution in [3.8, 4) is 0 Å². The van der Waals surface area contributed by atoms with Gasteiger partial charge in [-0.15, -0.1) is 11.8 Å². The van der Waals surface area contributed by atoms with E-state index in [2.05, 4.69) is 27.9 Å². The molecule has 2 aromatic carbocycles. The van der Waals surface area contributed by atoms with Crippen molar-refractivity contribution in [2.24, 2.45) is 0 Å². The summed E-state index contributed by atoms with van der Waals surface area (Å²) in [5.74, 6) is 0.386. The van der Waals surface area contributed by atoms with E-state index in [1.807, 2.05) is 50.2 Å². The third kappa shape index (κ3) is 4.64. The number of thioether (sulfide) groups is 1. The Morgan fingerprint density at radius 2 is 1.95 bits per heavy atom. The van der Waals surface area contributed by atoms with Crippen LogP contribution in [-0.2, 0) is 4.79 Å². The number of nitrogen functional groups attached to an aromatic ring is 1. The predicted molar refractivity (Wildman–Crippen MR) is 98.8 cm³/mol. The quantitative estimate of drug-likeness (QED) is 0.449. The first-order valence-electron chi connectivity index (χ1n) is 6.50. The lowest BCUT2D eigenvalue weighted by molar-refractivity contribution is -0.113. The van der Waals surface area contributed by atoms with Gasteiger partial charge in [-0.05, 0) is 84.0 Å². The van der Waals surface area contributed by atoms with E-state index in [0.717, 1.165) is 31.0 Å². The Morgan fingerprint density at radius 3 is 2.62 bits per heavy atom. The Labute approximate surface area is 142 Å². The summed E-state index contributed by atoms with van der Waals surface area (Å²) in [6, 6.07) is 11.7. The van der Waals surface area contributed by atoms with Crippen LogP contribution < -0.4 is 11.1 Å². The molecule has 3 N–H and O–H groups in total. The van der Waals surface area contributed by atoms with Crippen LogP contribution in [0.25, 0.3) is 0 Å². The number of amides is 1. The molecule has 0 saturated heterocycles. The number of aryl methyl sites for hydroxylation is 2. The Hall–Kier alpha value is -1.21. The molecule has 1 amide bonds. The Kier molecular flexibility index (Phi) is 5.52. The van der Waals surface area contributed by atoms with Gasteiger partial charge in [0.2, 0.25) is 5.91 Å². The Morgan fingerprint density at radius 1 is 1.19 bits per heavy atom. The fourth-order valence-corrected chi connectivity index (χ4v) is 3.39. The molecule has 110 valence electrons. The SMILES string of the molecule is Cc1cc(I)ccc1NC(=O)CSc1ccc(N)cc1C. The van der Waals surface area contributed by atoms with E-state index in [9.17, 15) is 4.79 Å². The molecule has 0 saturated carbocycles. The molecule has 5 heteroatoms. The van der Waals surface area contributed by atoms with E-state index in [4.69, 9.17) is 5.73 Å². The van der Waals surface area contributed by atoms with E-state index in [0.29, 0.717) is 5.75 Å². The van der Waals surface area contributed by atoms with Gasteiger partial charge in [-0.3, -0.25) is 4.79 Å². The molecule has 2 aromatic rings. The van der Waals surface area contributed by atoms with Gasteiger partial charge in [0.1, 0.15) is 0 Å². The van der Waals surface area contributed by atoms with Crippen molar-refractivity contribution in [3.63, 3.8) is 0 Å². The first-order chi connectivity index (χ1) is 9.95. The van der Waals surface area contributed by atoms with Gasteiger partial charge in [0.25, 0.3) is 0 Å². The van der Waals surface area contributed by atoms with Crippen LogP contribution in [0.15, 0.2) is 41.3 Å². The average molecular weight is 412 g/mol. The molecular formula is C16H17IN2OS. The second-order valence-electron chi connectivity index (χ2n) is 4.82. The number of anilines is 2. The molecule has 0 aliphatic rings. The van der Waals surface area contributed by atoms with Crippen LogP contribution >= 0.6 is 34.4 Å². The summed E-state index contributed by atoms with van der Waals surface area (Å²) in [5.41, 5.74) is 9.51. The molecular weight excluding hydrogens is 395 g/mol. The van der Waals surface area contributed by atoms with Crippen LogP contribution in [0.2, 0.25) is 0 Å². The summed E-state index contributed by atoms with van der Waals surface area (Å²) in [5, 5.41) is 2.95. The summed E-state index contributed by atoms with van der Waals surface area (Å²) in [6.45, 7) is 3.99. The highest BCUT2D eigenvalue weighted by molar-refractivity contribution is 14.1. The van der Waals surface area contributed by atoms with E-state index in [1.54, 1.807) is 0 Å². The second-order valence-corrected chi connectivity index (χ2v) is 7.08. The maximum atomic E-state index is 12.0. The zero-order chi connectivity index (χ0) is 15.4. The van der Waals surface area contributed by atoms with Crippen LogP contribution in [0, 0.1) is 17.4 Å². The number of hydrogen-bond acceptors (Lipinski definition) is 3. The number of nitrogens with one attached hydrogen (secondary N) is 1. The third-order valence-corrected chi connectivity index (χ3v) is 4.87. The smallest absolute Gasteiger partial charge is 0.234 e. The van der Waals surface area contributed by atoms with Crippen molar-refractivity contribution < 1.29 is 4.79 Å². The molecule has 0 bridgehead atoms. The molecule has 3 nitrogen and oxygen atoms in total. The van der Waals surface area contributed by atoms with Gasteiger partial charge in [0.05, 0.1) is 5.75 Å². The summed E-state index contributed by atoms with van der Waals surface area (Å²) >= 11 is 3.78. The minimum Gasteiger partial charge on any atom is -0.399 e. The van der Waals surface area contributed by atoms with Gasteiger partial charge >= 0.3 is 0 Å². The fraction of sp³-hybridized carbons (Fsp3) is 0.188. The molecule has 0 heterocycles. The summed E-state index contributed by atoms with van der Waals surface area (Å²) in [7, 11) is 0. The zero-order valence-electron chi connectivity index (χ0n) is 11.9. The van der Waals surface area contributed by atoms with Gasteiger partial charge in [0, 0.05) is 19.8 Å². The molecule has 21 heavy (non-hydrogen) atoms. The van der Waals surface area contributed by atoms with Crippen LogP contribution in [0.1, 0.15) is 11.1 Å². The maximum absolute atomic E-state index is 12.0. The van der Waals surface area contributed by atoms with Crippen molar-refractivity contribution in [1.29, 1.82) is 0 Å². The Bertz CT molecular complexity index is 673. The van der Waals surface area contributed by atoms with Crippen LogP contribution in [0.5, 0.6) is 0 Å². The summed E-state index contributed by atoms with van der Waals surface area (Å²) in [6.07, 6.45) is 0. The summed E-state index contributed by atoms with van der Waals surface area (Å²) < 4.78 is 1.16. The van der Waals surface area contributed by atoms with Gasteiger partial charge < -0.3 is 11.1 Å². The fourth-order valence-electron chi connectivity index (χ4n) is 1.93. The average Bonchev–Trinajstić information content (AvgIpc) is 2.41. The minimum atomic E-state index is 0.000494. The van der Waals surface area contributed by atoms with Gasteiger partial charge in [0.15, 0.2) is 0 Å². The molecule has 0 atom stereocenters. The van der Waals surface area contributed by atoms with E-state index in [-0.39, 0.29) is 5.91 Å². The first-order valence-corrected chi connectivity index (χ1v) is 8.57. The van der Waals surface area contributed by atoms with E-state index < -0.39 is 0 Å². The zero-order valence-corrected chi connectivity index (χ0v) is 14.9. The standard InChI is InChI=1S/C16H17IN2OS/c1-10-7-12(17)3-5-14(10)19-16(20)9-21-15-6-4-13(18)8-11(15)2/h3-8H,9,18H2,1-2H3,(H,19,20). The van der Waals surface area contributed by atoms with Crippen molar-refractivity contribution >= 4 is 51.6 Å². The van der Waals surface area contributed by atoms with Crippen molar-refractivity contribution in [1.82, 2.24) is 0 Å². The number of halogens is 1.